The first-order valence-corrected chi connectivity index (χ1v) is 48.0. The highest BCUT2D eigenvalue weighted by Crippen LogP contribution is 2.27. The Kier molecular flexibility index (Phi) is 56.6. The van der Waals surface area contributed by atoms with Crippen molar-refractivity contribution < 1.29 is 111 Å². The quantitative estimate of drug-likeness (QED) is 0.0316. The van der Waals surface area contributed by atoms with Gasteiger partial charge in [0.25, 0.3) is 0 Å². The number of benzene rings is 1. The van der Waals surface area contributed by atoms with Gasteiger partial charge in [0.15, 0.2) is 0 Å². The lowest BCUT2D eigenvalue weighted by Crippen LogP contribution is -2.53. The van der Waals surface area contributed by atoms with Crippen LogP contribution in [-0.4, -0.2) is 436 Å². The first-order chi connectivity index (χ1) is 57.2. The minimum absolute atomic E-state index is 0.00605. The van der Waals surface area contributed by atoms with Gasteiger partial charge in [-0.05, 0) is 91.7 Å². The molecule has 0 aromatic heterocycles. The molecular formula is C97H194N10O14+10. The molecule has 9 fully saturated rings. The molecule has 10 aliphatic heterocycles. The van der Waals surface area contributed by atoms with Crippen molar-refractivity contribution in [3.8, 4) is 0 Å². The van der Waals surface area contributed by atoms with Crippen molar-refractivity contribution in [3.63, 3.8) is 0 Å². The summed E-state index contributed by atoms with van der Waals surface area (Å²) in [6.07, 6.45) is 18.8. The number of likely N-dealkylation sites (N-methyl/N-ethyl adjacent to an activating group) is 7. The van der Waals surface area contributed by atoms with Crippen LogP contribution in [0.25, 0.3) is 0 Å². The van der Waals surface area contributed by atoms with E-state index >= 15 is 0 Å². The third kappa shape index (κ3) is 52.1. The molecule has 0 spiro atoms. The average molecular weight is 1720 g/mol. The summed E-state index contributed by atoms with van der Waals surface area (Å²) < 4.78 is 62.8. The third-order valence-corrected chi connectivity index (χ3v) is 26.3. The smallest absolute Gasteiger partial charge is 0.334 e. The van der Waals surface area contributed by atoms with Crippen molar-refractivity contribution in [2.24, 2.45) is 23.7 Å². The normalized spacial score (nSPS) is 25.5. The topological polar surface area (TPSA) is 161 Å². The van der Waals surface area contributed by atoms with Gasteiger partial charge in [-0.15, -0.1) is 0 Å². The molecule has 0 saturated carbocycles. The molecule has 10 aliphatic rings. The molecule has 121 heavy (non-hydrogen) atoms. The minimum Gasteiger partial charge on any atom is -0.466 e. The molecule has 0 bridgehead atoms. The van der Waals surface area contributed by atoms with Crippen LogP contribution in [0.15, 0.2) is 54.6 Å². The second kappa shape index (κ2) is 60.6. The Bertz CT molecular complexity index is 2890. The van der Waals surface area contributed by atoms with E-state index in [2.05, 4.69) is 170 Å². The first-order valence-electron chi connectivity index (χ1n) is 48.0. The highest BCUT2D eigenvalue weighted by atomic mass is 16.5. The number of morpholine rings is 6. The molecule has 0 radical (unpaired) electrons. The van der Waals surface area contributed by atoms with E-state index in [1.807, 2.05) is 39.8 Å². The number of esters is 4. The van der Waals surface area contributed by atoms with Crippen molar-refractivity contribution >= 4 is 23.9 Å². The lowest BCUT2D eigenvalue weighted by molar-refractivity contribution is -0.927. The minimum atomic E-state index is -0.137. The number of hydrogen-bond donors (Lipinski definition) is 0. The van der Waals surface area contributed by atoms with E-state index in [1.165, 1.54) is 180 Å². The summed E-state index contributed by atoms with van der Waals surface area (Å²) in [5.74, 6) is 1.65. The van der Waals surface area contributed by atoms with Crippen molar-refractivity contribution in [1.29, 1.82) is 0 Å². The van der Waals surface area contributed by atoms with Crippen molar-refractivity contribution in [3.05, 3.63) is 60.2 Å². The van der Waals surface area contributed by atoms with Gasteiger partial charge in [-0.2, -0.15) is 0 Å². The van der Waals surface area contributed by atoms with Crippen LogP contribution in [0.1, 0.15) is 158 Å². The molecule has 1 aromatic rings. The highest BCUT2D eigenvalue weighted by Gasteiger charge is 2.37. The van der Waals surface area contributed by atoms with Gasteiger partial charge in [-0.25, -0.2) is 4.79 Å². The van der Waals surface area contributed by atoms with Crippen molar-refractivity contribution in [1.82, 2.24) is 0 Å². The molecule has 3 unspecified atom stereocenters. The van der Waals surface area contributed by atoms with Gasteiger partial charge in [0.05, 0.1) is 301 Å². The van der Waals surface area contributed by atoms with Gasteiger partial charge in [0.2, 0.25) is 0 Å². The van der Waals surface area contributed by atoms with Gasteiger partial charge in [0.1, 0.15) is 91.0 Å². The fourth-order valence-electron chi connectivity index (χ4n) is 17.2. The lowest BCUT2D eigenvalue weighted by Gasteiger charge is -2.40. The Morgan fingerprint density at radius 3 is 1.28 bits per heavy atom. The largest absolute Gasteiger partial charge is 0.466 e. The molecule has 706 valence electrons. The third-order valence-electron chi connectivity index (χ3n) is 26.3. The Morgan fingerprint density at radius 2 is 0.876 bits per heavy atom. The maximum Gasteiger partial charge on any atom is 0.334 e. The number of likely N-dealkylation sites (tertiary alicyclic amines) is 3. The molecule has 3 atom stereocenters. The van der Waals surface area contributed by atoms with E-state index < -0.39 is 0 Å². The van der Waals surface area contributed by atoms with Crippen LogP contribution in [0.5, 0.6) is 0 Å². The molecule has 9 saturated heterocycles. The number of quaternary nitrogens is 10. The van der Waals surface area contributed by atoms with E-state index in [1.54, 1.807) is 0 Å². The van der Waals surface area contributed by atoms with Crippen LogP contribution in [0.2, 0.25) is 0 Å². The predicted molar refractivity (Wildman–Crippen MR) is 494 cm³/mol. The summed E-state index contributed by atoms with van der Waals surface area (Å²) in [4.78, 5) is 45.8. The number of ether oxygens (including phenoxy) is 10. The molecule has 11 rings (SSSR count). The second-order valence-electron chi connectivity index (χ2n) is 40.5. The van der Waals surface area contributed by atoms with Gasteiger partial charge in [0, 0.05) is 42.2 Å². The standard InChI is InChI=1S/C16H24NO2.C12H24NO2.C10H18NO2.C10H20NO2.C10H22NO.2C9H20NO.C8H16NO.C7H16NO.C6H14NO/c1-3-19-16(18)15-9-11-17(2,12-10-15)13-14-7-5-4-6-8-14;1-4-15-12(14)7-9-13(3)8-5-6-11(2)10-13;1-4-13-10(12)9-5-7-11(2,3)8-6-9;1-4-13-10(12)9-6-5-7-11(2,3)8-9;1-3-4-5-6-11(2)7-9-12-10-8-11;1-9(2)8-10(3)4-6-11-7-5-10;1-3-4-5-10(2)6-8-11-9-7-10;1-3-4-9(2)5-7-10-8-6-9;1-3-8(2)4-6-9-7-5-8;1-7(2)3-5-8-6-4-7/h4-8,15H,3,9-13H2,1-2H3;11H,4-10H2,1-3H3;5H,4,6-8H2,1-3H3;9H,4-8H2,1-3H3;3-10H2,1-2H3;9H,4-8H2,1-3H3;3-9H2,1-2H3;3H,1,4-8H2,2H3;3-7H2,1-2H3;3-6H2,1-2H3/q10*+1. The summed E-state index contributed by atoms with van der Waals surface area (Å²) in [6, 6.07) is 10.6. The number of carbonyl (C=O) groups excluding carboxylic acids is 4. The maximum atomic E-state index is 11.7. The van der Waals surface area contributed by atoms with Crippen molar-refractivity contribution in [2.45, 2.75) is 159 Å². The zero-order valence-corrected chi connectivity index (χ0v) is 82.8. The summed E-state index contributed by atoms with van der Waals surface area (Å²) in [6.45, 7) is 69.1. The van der Waals surface area contributed by atoms with Gasteiger partial charge in [-0.3, -0.25) is 14.4 Å². The monoisotopic (exact) mass is 1720 g/mol. The lowest BCUT2D eigenvalue weighted by atomic mass is 9.95. The van der Waals surface area contributed by atoms with Gasteiger partial charge in [-0.1, -0.05) is 84.4 Å². The van der Waals surface area contributed by atoms with Crippen molar-refractivity contribution in [2.75, 3.05) is 367 Å². The number of nitrogens with zero attached hydrogens (tertiary/aromatic N) is 10. The van der Waals surface area contributed by atoms with E-state index in [-0.39, 0.29) is 35.7 Å². The second-order valence-corrected chi connectivity index (χ2v) is 40.5. The molecule has 0 aliphatic carbocycles. The molecule has 10 heterocycles. The van der Waals surface area contributed by atoms with E-state index in [0.717, 1.165) is 221 Å². The first kappa shape index (κ1) is 113. The summed E-state index contributed by atoms with van der Waals surface area (Å²) in [7, 11) is 29.3. The Balaban J connectivity index is 0.000000459. The van der Waals surface area contributed by atoms with Crippen LogP contribution in [-0.2, 0) is 73.1 Å². The number of unbranched alkanes of at least 4 members (excludes halogenated alkanes) is 3. The molecule has 0 amide bonds. The molecule has 0 N–H and O–H groups in total. The predicted octanol–water partition coefficient (Wildman–Crippen LogP) is 11.7. The van der Waals surface area contributed by atoms with E-state index in [9.17, 15) is 19.2 Å². The van der Waals surface area contributed by atoms with Crippen LogP contribution in [0.3, 0.4) is 0 Å². The SMILES string of the molecule is C=CC[N+]1(C)CCOCC1.CC(C)C[N+]1(C)CCOCC1.CCCCC[N+]1(C)CCOCC1.CCCC[N+]1(C)CCOCC1.CCOC(=O)C1=CC[N+](C)(C)CC1.CCOC(=O)C1CCC[N+](C)(C)C1.CCOC(=O)C1CC[N+](C)(Cc2ccccc2)CC1.CCOC(=O)CC[N+]1(C)CCCC(C)C1.CC[N+]1(C)CCOCC1.C[N+]1(C)CCOCC1. The van der Waals surface area contributed by atoms with Crippen LogP contribution < -0.4 is 0 Å². The number of piperidine rings is 3. The summed E-state index contributed by atoms with van der Waals surface area (Å²) >= 11 is 0. The molecule has 24 heteroatoms. The van der Waals surface area contributed by atoms with Gasteiger partial charge < -0.3 is 92.2 Å². The molecule has 1 aromatic carbocycles. The zero-order chi connectivity index (χ0) is 90.4. The summed E-state index contributed by atoms with van der Waals surface area (Å²) in [5, 5.41) is 0. The highest BCUT2D eigenvalue weighted by molar-refractivity contribution is 5.88. The Morgan fingerprint density at radius 1 is 0.430 bits per heavy atom. The van der Waals surface area contributed by atoms with Gasteiger partial charge >= 0.3 is 23.9 Å². The number of hydrogen-bond acceptors (Lipinski definition) is 14. The van der Waals surface area contributed by atoms with Crippen LogP contribution in [0.4, 0.5) is 0 Å². The van der Waals surface area contributed by atoms with E-state index in [4.69, 9.17) is 47.4 Å². The molecule has 24 nitrogen and oxygen atoms in total. The number of rotatable bonds is 24. The van der Waals surface area contributed by atoms with E-state index in [0.29, 0.717) is 32.8 Å². The Labute approximate surface area is 742 Å². The maximum absolute atomic E-state index is 11.7. The average Bonchev–Trinajstić information content (AvgIpc) is 0.823. The fourth-order valence-corrected chi connectivity index (χ4v) is 17.2. The zero-order valence-electron chi connectivity index (χ0n) is 82.8. The summed E-state index contributed by atoms with van der Waals surface area (Å²) in [5.41, 5.74) is 2.22. The fraction of sp³-hybridized carbons (Fsp3) is 0.856. The van der Waals surface area contributed by atoms with Crippen LogP contribution in [0, 0.1) is 23.7 Å². The van der Waals surface area contributed by atoms with Crippen LogP contribution >= 0.6 is 0 Å². The Hall–Kier alpha value is -4.06. The number of carbonyl (C=O) groups is 4. The molecular weight excluding hydrogens is 1530 g/mol.